The zero-order chi connectivity index (χ0) is 25.3. The van der Waals surface area contributed by atoms with Crippen LogP contribution >= 0.6 is 0 Å². The van der Waals surface area contributed by atoms with Gasteiger partial charge in [0.1, 0.15) is 18.3 Å². The van der Waals surface area contributed by atoms with E-state index in [-0.39, 0.29) is 40.3 Å². The first-order chi connectivity index (χ1) is 15.9. The molecule has 192 valence electrons. The third-order valence-electron chi connectivity index (χ3n) is 7.32. The van der Waals surface area contributed by atoms with E-state index in [1.54, 1.807) is 0 Å². The van der Waals surface area contributed by atoms with Gasteiger partial charge in [-0.2, -0.15) is 0 Å². The molecular weight excluding hydrogens is 464 g/mol. The smallest absolute Gasteiger partial charge is 0.335 e. The molecule has 2 aliphatic heterocycles. The van der Waals surface area contributed by atoms with Gasteiger partial charge in [-0.3, -0.25) is 4.79 Å². The molecule has 6 nitrogen and oxygen atoms in total. The number of hydrogen-bond acceptors (Lipinski definition) is 6. The van der Waals surface area contributed by atoms with Gasteiger partial charge in [0, 0.05) is 13.3 Å². The number of rotatable bonds is 7. The number of fused-ring (bicyclic) bond motifs is 1. The zero-order valence-corrected chi connectivity index (χ0v) is 24.4. The first kappa shape index (κ1) is 27.5. The molecular formula is C26H44O6Si2. The van der Waals surface area contributed by atoms with Crippen LogP contribution in [0.5, 0.6) is 0 Å². The predicted octanol–water partition coefficient (Wildman–Crippen LogP) is 5.88. The zero-order valence-electron chi connectivity index (χ0n) is 22.4. The van der Waals surface area contributed by atoms with Crippen molar-refractivity contribution in [1.82, 2.24) is 0 Å². The van der Waals surface area contributed by atoms with E-state index >= 15 is 0 Å². The highest BCUT2D eigenvalue weighted by atomic mass is 28.5. The van der Waals surface area contributed by atoms with E-state index in [2.05, 4.69) is 67.5 Å². The van der Waals surface area contributed by atoms with Crippen molar-refractivity contribution >= 4 is 23.1 Å². The summed E-state index contributed by atoms with van der Waals surface area (Å²) in [5.41, 5.74) is 2.07. The topological polar surface area (TPSA) is 63.2 Å². The lowest BCUT2D eigenvalue weighted by Crippen LogP contribution is -2.66. The minimum absolute atomic E-state index is 0.199. The van der Waals surface area contributed by atoms with Crippen LogP contribution in [0.15, 0.2) is 30.3 Å². The lowest BCUT2D eigenvalue weighted by Gasteiger charge is -2.51. The molecule has 0 aromatic heterocycles. The number of hydrogen-bond donors (Lipinski definition) is 0. The quantitative estimate of drug-likeness (QED) is 0.338. The van der Waals surface area contributed by atoms with Crippen LogP contribution in [0, 0.1) is 0 Å². The maximum atomic E-state index is 12.2. The fraction of sp³-hybridized carbons (Fsp3) is 0.731. The van der Waals surface area contributed by atoms with Crippen molar-refractivity contribution in [3.05, 3.63) is 35.9 Å². The summed E-state index contributed by atoms with van der Waals surface area (Å²) in [7, 11) is -5.46. The van der Waals surface area contributed by atoms with E-state index in [1.165, 1.54) is 6.92 Å². The van der Waals surface area contributed by atoms with Gasteiger partial charge < -0.3 is 22.4 Å². The van der Waals surface area contributed by atoms with Gasteiger partial charge in [0.15, 0.2) is 6.10 Å². The fourth-order valence-corrected chi connectivity index (χ4v) is 16.8. The maximum Gasteiger partial charge on any atom is 0.335 e. The van der Waals surface area contributed by atoms with E-state index in [0.717, 1.165) is 5.56 Å². The Balaban J connectivity index is 2.05. The van der Waals surface area contributed by atoms with Crippen molar-refractivity contribution < 1.29 is 27.2 Å². The first-order valence-corrected chi connectivity index (χ1v) is 16.8. The van der Waals surface area contributed by atoms with Crippen LogP contribution in [0.3, 0.4) is 0 Å². The standard InChI is InChI=1S/C26H44O6Si2/c1-17(2)33(18(3)4)28-16-24-26(31-34(32-33,19(5)6)20(7)8)25(29-21(9)27)23(30-24)15-22-13-11-10-12-14-22/h10-14,17-20,23-26H,15-16H2,1-9H3/t23-,24-,25+,26?/m0/s1. The molecule has 2 saturated heterocycles. The van der Waals surface area contributed by atoms with Crippen LogP contribution < -0.4 is 0 Å². The molecule has 0 N–H and O–H groups in total. The minimum Gasteiger partial charge on any atom is -0.457 e. The molecule has 4 atom stereocenters. The summed E-state index contributed by atoms with van der Waals surface area (Å²) in [5, 5.41) is 0. The Kier molecular flexibility index (Phi) is 8.85. The van der Waals surface area contributed by atoms with Crippen molar-refractivity contribution in [2.75, 3.05) is 6.61 Å². The largest absolute Gasteiger partial charge is 0.457 e. The van der Waals surface area contributed by atoms with Gasteiger partial charge in [-0.05, 0) is 27.7 Å². The van der Waals surface area contributed by atoms with Crippen molar-refractivity contribution in [3.63, 3.8) is 0 Å². The van der Waals surface area contributed by atoms with E-state index in [9.17, 15) is 4.79 Å². The third kappa shape index (κ3) is 5.37. The molecule has 0 amide bonds. The monoisotopic (exact) mass is 508 g/mol. The number of ether oxygens (including phenoxy) is 2. The summed E-state index contributed by atoms with van der Waals surface area (Å²) >= 11 is 0. The van der Waals surface area contributed by atoms with Crippen LogP contribution in [0.2, 0.25) is 22.2 Å². The van der Waals surface area contributed by atoms with Crippen LogP contribution in [0.1, 0.15) is 67.9 Å². The SMILES string of the molecule is CC(=O)O[C@H]1C2O[Si](C(C)C)(C(C)C)O[Si](C(C)C)(C(C)C)OC[C@@H]2O[C@H]1Cc1ccccc1. The predicted molar refractivity (Wildman–Crippen MR) is 138 cm³/mol. The summed E-state index contributed by atoms with van der Waals surface area (Å²) in [4.78, 5) is 12.2. The molecule has 2 aliphatic rings. The second kappa shape index (κ2) is 10.9. The van der Waals surface area contributed by atoms with E-state index in [4.69, 9.17) is 22.4 Å². The highest BCUT2D eigenvalue weighted by Gasteiger charge is 2.62. The Hall–Kier alpha value is -1.04. The highest BCUT2D eigenvalue weighted by molar-refractivity contribution is 6.84. The number of carbonyl (C=O) groups is 1. The fourth-order valence-electron chi connectivity index (χ4n) is 5.56. The number of carbonyl (C=O) groups excluding carboxylic acids is 1. The Morgan fingerprint density at radius 1 is 0.941 bits per heavy atom. The summed E-state index contributed by atoms with van der Waals surface area (Å²) in [6, 6.07) is 10.2. The minimum atomic E-state index is -2.82. The lowest BCUT2D eigenvalue weighted by molar-refractivity contribution is -0.152. The van der Waals surface area contributed by atoms with Gasteiger partial charge >= 0.3 is 23.1 Å². The summed E-state index contributed by atoms with van der Waals surface area (Å²) in [5.74, 6) is -0.325. The molecule has 0 aliphatic carbocycles. The Morgan fingerprint density at radius 3 is 2.00 bits per heavy atom. The average molecular weight is 509 g/mol. The second-order valence-corrected chi connectivity index (χ2v) is 19.9. The molecule has 2 fully saturated rings. The Morgan fingerprint density at radius 2 is 1.50 bits per heavy atom. The van der Waals surface area contributed by atoms with Crippen molar-refractivity contribution in [1.29, 1.82) is 0 Å². The molecule has 3 rings (SSSR count). The van der Waals surface area contributed by atoms with Crippen LogP contribution in [0.25, 0.3) is 0 Å². The molecule has 1 aromatic carbocycles. The highest BCUT2D eigenvalue weighted by Crippen LogP contribution is 2.48. The van der Waals surface area contributed by atoms with Gasteiger partial charge in [-0.25, -0.2) is 0 Å². The lowest BCUT2D eigenvalue weighted by atomic mass is 10.0. The van der Waals surface area contributed by atoms with E-state index < -0.39 is 29.3 Å². The Labute approximate surface area is 208 Å². The number of benzene rings is 1. The van der Waals surface area contributed by atoms with Gasteiger partial charge in [0.25, 0.3) is 0 Å². The van der Waals surface area contributed by atoms with E-state index in [0.29, 0.717) is 13.0 Å². The molecule has 0 spiro atoms. The molecule has 34 heavy (non-hydrogen) atoms. The Bertz CT molecular complexity index is 797. The summed E-state index contributed by atoms with van der Waals surface area (Å²) in [6.07, 6.45) is -0.893. The van der Waals surface area contributed by atoms with Crippen molar-refractivity contribution in [2.24, 2.45) is 0 Å². The third-order valence-corrected chi connectivity index (χ3v) is 17.6. The molecule has 0 bridgehead atoms. The molecule has 0 radical (unpaired) electrons. The van der Waals surface area contributed by atoms with Crippen molar-refractivity contribution in [3.8, 4) is 0 Å². The molecule has 8 heteroatoms. The van der Waals surface area contributed by atoms with Gasteiger partial charge in [-0.15, -0.1) is 0 Å². The van der Waals surface area contributed by atoms with Gasteiger partial charge in [0.2, 0.25) is 0 Å². The molecule has 2 heterocycles. The average Bonchev–Trinajstić information content (AvgIpc) is 3.03. The maximum absolute atomic E-state index is 12.2. The first-order valence-electron chi connectivity index (χ1n) is 12.8. The van der Waals surface area contributed by atoms with Crippen molar-refractivity contribution in [2.45, 2.75) is 115 Å². The van der Waals surface area contributed by atoms with Gasteiger partial charge in [-0.1, -0.05) is 85.7 Å². The summed E-state index contributed by atoms with van der Waals surface area (Å²) in [6.45, 7) is 19.5. The van der Waals surface area contributed by atoms with Gasteiger partial charge in [0.05, 0.1) is 6.61 Å². The van der Waals surface area contributed by atoms with Crippen LogP contribution in [-0.4, -0.2) is 54.1 Å². The second-order valence-electron chi connectivity index (χ2n) is 11.0. The molecule has 1 aromatic rings. The number of esters is 1. The van der Waals surface area contributed by atoms with Crippen LogP contribution in [0.4, 0.5) is 0 Å². The normalized spacial score (nSPS) is 28.7. The summed E-state index contributed by atoms with van der Waals surface area (Å²) < 4.78 is 33.7. The molecule has 0 saturated carbocycles. The van der Waals surface area contributed by atoms with E-state index in [1.807, 2.05) is 18.2 Å². The van der Waals surface area contributed by atoms with Crippen LogP contribution in [-0.2, 0) is 33.7 Å². The molecule has 1 unspecified atom stereocenters.